The van der Waals surface area contributed by atoms with Gasteiger partial charge in [-0.2, -0.15) is 0 Å². The van der Waals surface area contributed by atoms with E-state index in [0.717, 1.165) is 18.7 Å². The summed E-state index contributed by atoms with van der Waals surface area (Å²) >= 11 is 7.87. The molecule has 0 N–H and O–H groups in total. The van der Waals surface area contributed by atoms with Crippen molar-refractivity contribution in [2.24, 2.45) is 0 Å². The summed E-state index contributed by atoms with van der Waals surface area (Å²) in [6, 6.07) is 8.47. The fraction of sp³-hybridized carbons (Fsp3) is 0.385. The topological polar surface area (TPSA) is 30.7 Å². The van der Waals surface area contributed by atoms with Crippen LogP contribution in [0.2, 0.25) is 0 Å². The van der Waals surface area contributed by atoms with Gasteiger partial charge in [0.2, 0.25) is 0 Å². The van der Waals surface area contributed by atoms with Gasteiger partial charge in [0.15, 0.2) is 0 Å². The fourth-order valence-electron chi connectivity index (χ4n) is 1.66. The molecule has 0 aliphatic rings. The van der Waals surface area contributed by atoms with Gasteiger partial charge in [-0.05, 0) is 30.4 Å². The highest BCUT2D eigenvalue weighted by Crippen LogP contribution is 2.21. The second-order valence-corrected chi connectivity index (χ2v) is 5.47. The second-order valence-electron chi connectivity index (χ2n) is 4.06. The first kappa shape index (κ1) is 13.4. The van der Waals surface area contributed by atoms with Gasteiger partial charge in [0, 0.05) is 4.90 Å². The largest absolute Gasteiger partial charge is 0.248 e. The Labute approximate surface area is 117 Å². The maximum Gasteiger partial charge on any atom is 0.101 e. The molecule has 2 rings (SSSR count). The number of nitrogens with zero attached hydrogens (tertiary/aromatic N) is 3. The number of alkyl halides is 1. The molecule has 1 heterocycles. The van der Waals surface area contributed by atoms with Gasteiger partial charge in [0.25, 0.3) is 0 Å². The lowest BCUT2D eigenvalue weighted by Gasteiger charge is -2.02. The third-order valence-corrected chi connectivity index (χ3v) is 4.02. The third-order valence-electron chi connectivity index (χ3n) is 2.74. The maximum atomic E-state index is 6.13. The highest BCUT2D eigenvalue weighted by molar-refractivity contribution is 7.98. The molecular weight excluding hydrogens is 266 g/mol. The highest BCUT2D eigenvalue weighted by atomic mass is 35.5. The summed E-state index contributed by atoms with van der Waals surface area (Å²) in [7, 11) is 0. The normalized spacial score (nSPS) is 12.6. The lowest BCUT2D eigenvalue weighted by molar-refractivity contribution is 0.648. The van der Waals surface area contributed by atoms with E-state index in [1.54, 1.807) is 11.8 Å². The SMILES string of the molecule is CCC(Cl)c1cn(Cc2ccc(SC)cc2)nn1. The van der Waals surface area contributed by atoms with Gasteiger partial charge in [-0.15, -0.1) is 28.5 Å². The quantitative estimate of drug-likeness (QED) is 0.618. The number of hydrogen-bond donors (Lipinski definition) is 0. The highest BCUT2D eigenvalue weighted by Gasteiger charge is 2.09. The number of aromatic nitrogens is 3. The van der Waals surface area contributed by atoms with Crippen LogP contribution in [0.5, 0.6) is 0 Å². The zero-order chi connectivity index (χ0) is 13.0. The first-order chi connectivity index (χ1) is 8.72. The van der Waals surface area contributed by atoms with Crippen molar-refractivity contribution in [3.8, 4) is 0 Å². The van der Waals surface area contributed by atoms with Crippen LogP contribution < -0.4 is 0 Å². The number of thioether (sulfide) groups is 1. The van der Waals surface area contributed by atoms with Crippen LogP contribution in [-0.2, 0) is 6.54 Å². The zero-order valence-electron chi connectivity index (χ0n) is 10.5. The number of rotatable bonds is 5. The van der Waals surface area contributed by atoms with E-state index in [0.29, 0.717) is 0 Å². The third kappa shape index (κ3) is 3.27. The van der Waals surface area contributed by atoms with Crippen LogP contribution in [0.15, 0.2) is 35.4 Å². The Balaban J connectivity index is 2.06. The lowest BCUT2D eigenvalue weighted by Crippen LogP contribution is -2.00. The Morgan fingerprint density at radius 2 is 2.06 bits per heavy atom. The summed E-state index contributed by atoms with van der Waals surface area (Å²) in [5, 5.41) is 8.15. The standard InChI is InChI=1S/C13H16ClN3S/c1-3-12(14)13-9-17(16-15-13)8-10-4-6-11(18-2)7-5-10/h4-7,9,12H,3,8H2,1-2H3. The molecule has 2 aromatic rings. The molecule has 1 aromatic carbocycles. The Kier molecular flexibility index (Phi) is 4.66. The molecule has 1 atom stereocenters. The monoisotopic (exact) mass is 281 g/mol. The Bertz CT molecular complexity index is 495. The summed E-state index contributed by atoms with van der Waals surface area (Å²) in [6.45, 7) is 2.77. The van der Waals surface area contributed by atoms with Crippen LogP contribution in [0.1, 0.15) is 30.0 Å². The first-order valence-corrected chi connectivity index (χ1v) is 7.56. The van der Waals surface area contributed by atoms with E-state index in [2.05, 4.69) is 40.8 Å². The Hall–Kier alpha value is -1.00. The minimum atomic E-state index is -0.0439. The minimum absolute atomic E-state index is 0.0439. The van der Waals surface area contributed by atoms with Crippen molar-refractivity contribution in [1.82, 2.24) is 15.0 Å². The Morgan fingerprint density at radius 3 is 2.67 bits per heavy atom. The smallest absolute Gasteiger partial charge is 0.101 e. The molecule has 1 unspecified atom stereocenters. The molecule has 0 aliphatic carbocycles. The van der Waals surface area contributed by atoms with Crippen LogP contribution in [0.4, 0.5) is 0 Å². The van der Waals surface area contributed by atoms with Crippen LogP contribution in [-0.4, -0.2) is 21.2 Å². The summed E-state index contributed by atoms with van der Waals surface area (Å²) in [5.74, 6) is 0. The van der Waals surface area contributed by atoms with Gasteiger partial charge in [-0.25, -0.2) is 4.68 Å². The van der Waals surface area contributed by atoms with E-state index in [4.69, 9.17) is 11.6 Å². The van der Waals surface area contributed by atoms with Crippen LogP contribution in [0.25, 0.3) is 0 Å². The summed E-state index contributed by atoms with van der Waals surface area (Å²) in [4.78, 5) is 1.27. The molecular formula is C13H16ClN3S. The molecule has 18 heavy (non-hydrogen) atoms. The van der Waals surface area contributed by atoms with Crippen molar-refractivity contribution in [3.05, 3.63) is 41.7 Å². The van der Waals surface area contributed by atoms with Crippen molar-refractivity contribution in [2.75, 3.05) is 6.26 Å². The van der Waals surface area contributed by atoms with E-state index in [1.165, 1.54) is 10.5 Å². The van der Waals surface area contributed by atoms with Gasteiger partial charge >= 0.3 is 0 Å². The molecule has 0 radical (unpaired) electrons. The number of benzene rings is 1. The van der Waals surface area contributed by atoms with Crippen molar-refractivity contribution in [1.29, 1.82) is 0 Å². The summed E-state index contributed by atoms with van der Waals surface area (Å²) < 4.78 is 1.83. The summed E-state index contributed by atoms with van der Waals surface area (Å²) in [6.07, 6.45) is 4.86. The molecule has 0 spiro atoms. The van der Waals surface area contributed by atoms with Crippen molar-refractivity contribution in [2.45, 2.75) is 30.2 Å². The first-order valence-electron chi connectivity index (χ1n) is 5.90. The van der Waals surface area contributed by atoms with Crippen molar-refractivity contribution in [3.63, 3.8) is 0 Å². The van der Waals surface area contributed by atoms with Gasteiger partial charge < -0.3 is 0 Å². The van der Waals surface area contributed by atoms with E-state index >= 15 is 0 Å². The predicted octanol–water partition coefficient (Wildman–Crippen LogP) is 3.74. The van der Waals surface area contributed by atoms with Gasteiger partial charge in [-0.1, -0.05) is 24.3 Å². The maximum absolute atomic E-state index is 6.13. The molecule has 1 aromatic heterocycles. The van der Waals surface area contributed by atoms with Crippen molar-refractivity contribution >= 4 is 23.4 Å². The van der Waals surface area contributed by atoms with Crippen LogP contribution >= 0.6 is 23.4 Å². The van der Waals surface area contributed by atoms with Gasteiger partial charge in [0.05, 0.1) is 18.1 Å². The fourth-order valence-corrected chi connectivity index (χ4v) is 2.17. The van der Waals surface area contributed by atoms with E-state index < -0.39 is 0 Å². The molecule has 5 heteroatoms. The van der Waals surface area contributed by atoms with Crippen LogP contribution in [0, 0.1) is 0 Å². The molecule has 0 saturated heterocycles. The summed E-state index contributed by atoms with van der Waals surface area (Å²) in [5.41, 5.74) is 2.06. The molecule has 0 bridgehead atoms. The number of halogens is 1. The van der Waals surface area contributed by atoms with E-state index in [9.17, 15) is 0 Å². The number of hydrogen-bond acceptors (Lipinski definition) is 3. The second kappa shape index (κ2) is 6.25. The molecule has 0 fully saturated rings. The molecule has 3 nitrogen and oxygen atoms in total. The molecule has 0 aliphatic heterocycles. The van der Waals surface area contributed by atoms with Gasteiger partial charge in [0.1, 0.15) is 5.69 Å². The van der Waals surface area contributed by atoms with E-state index in [1.807, 2.05) is 17.8 Å². The average Bonchev–Trinajstić information content (AvgIpc) is 2.87. The Morgan fingerprint density at radius 1 is 1.33 bits per heavy atom. The zero-order valence-corrected chi connectivity index (χ0v) is 12.1. The van der Waals surface area contributed by atoms with Crippen LogP contribution in [0.3, 0.4) is 0 Å². The molecule has 96 valence electrons. The molecule has 0 amide bonds. The average molecular weight is 282 g/mol. The lowest BCUT2D eigenvalue weighted by atomic mass is 10.2. The van der Waals surface area contributed by atoms with Gasteiger partial charge in [-0.3, -0.25) is 0 Å². The van der Waals surface area contributed by atoms with Crippen molar-refractivity contribution < 1.29 is 0 Å². The molecule has 0 saturated carbocycles. The minimum Gasteiger partial charge on any atom is -0.248 e. The van der Waals surface area contributed by atoms with E-state index in [-0.39, 0.29) is 5.38 Å². The predicted molar refractivity (Wildman–Crippen MR) is 76.2 cm³/mol.